The van der Waals surface area contributed by atoms with Crippen LogP contribution in [0.1, 0.15) is 25.1 Å². The predicted molar refractivity (Wildman–Crippen MR) is 151 cm³/mol. The minimum absolute atomic E-state index is 0.0889. The van der Waals surface area contributed by atoms with E-state index in [1.165, 1.54) is 10.6 Å². The zero-order valence-corrected chi connectivity index (χ0v) is 22.5. The van der Waals surface area contributed by atoms with Gasteiger partial charge in [0.2, 0.25) is 0 Å². The number of aryl methyl sites for hydroxylation is 2. The van der Waals surface area contributed by atoms with Crippen LogP contribution in [-0.4, -0.2) is 56.6 Å². The maximum absolute atomic E-state index is 14.9. The Kier molecular flexibility index (Phi) is 7.27. The number of anilines is 1. The van der Waals surface area contributed by atoms with E-state index in [9.17, 15) is 9.18 Å². The van der Waals surface area contributed by atoms with Gasteiger partial charge >= 0.3 is 5.69 Å². The zero-order chi connectivity index (χ0) is 27.0. The van der Waals surface area contributed by atoms with Crippen molar-refractivity contribution < 1.29 is 4.39 Å². The Bertz CT molecular complexity index is 1590. The molecule has 0 bridgehead atoms. The molecule has 196 valence electrons. The first-order valence-electron chi connectivity index (χ1n) is 12.8. The van der Waals surface area contributed by atoms with Crippen molar-refractivity contribution in [2.75, 3.05) is 31.1 Å². The summed E-state index contributed by atoms with van der Waals surface area (Å²) in [6, 6.07) is 10.0. The molecule has 9 heteroatoms. The molecule has 1 atom stereocenters. The van der Waals surface area contributed by atoms with Crippen LogP contribution in [0.15, 0.2) is 60.0 Å². The smallest absolute Gasteiger partial charge is 0.351 e. The topological polar surface area (TPSA) is 67.2 Å². The van der Waals surface area contributed by atoms with E-state index < -0.39 is 11.5 Å². The normalized spacial score (nSPS) is 16.2. The van der Waals surface area contributed by atoms with Crippen LogP contribution in [0.5, 0.6) is 0 Å². The minimum Gasteiger partial charge on any atom is -0.351 e. The highest BCUT2D eigenvalue weighted by Crippen LogP contribution is 2.35. The van der Waals surface area contributed by atoms with E-state index in [1.54, 1.807) is 30.5 Å². The maximum atomic E-state index is 14.9. The highest BCUT2D eigenvalue weighted by Gasteiger charge is 2.29. The largest absolute Gasteiger partial charge is 0.355 e. The summed E-state index contributed by atoms with van der Waals surface area (Å²) in [5, 5.41) is 0.913. The number of halogens is 2. The first kappa shape index (κ1) is 26.0. The fraction of sp³-hybridized carbons (Fsp3) is 0.310. The van der Waals surface area contributed by atoms with Crippen molar-refractivity contribution in [1.29, 1.82) is 0 Å². The Morgan fingerprint density at radius 1 is 1.21 bits per heavy atom. The second-order valence-electron chi connectivity index (χ2n) is 9.59. The number of piperazine rings is 1. The third-order valence-electron chi connectivity index (χ3n) is 7.06. The van der Waals surface area contributed by atoms with E-state index in [4.69, 9.17) is 16.6 Å². The van der Waals surface area contributed by atoms with Crippen molar-refractivity contribution in [3.63, 3.8) is 0 Å². The summed E-state index contributed by atoms with van der Waals surface area (Å²) in [7, 11) is 0. The van der Waals surface area contributed by atoms with Crippen LogP contribution < -0.4 is 10.6 Å². The molecule has 1 fully saturated rings. The molecule has 38 heavy (non-hydrogen) atoms. The van der Waals surface area contributed by atoms with E-state index in [0.717, 1.165) is 30.9 Å². The highest BCUT2D eigenvalue weighted by molar-refractivity contribution is 6.33. The molecular formula is C29H30ClFN6O. The minimum atomic E-state index is -0.465. The van der Waals surface area contributed by atoms with Crippen LogP contribution in [0, 0.1) is 12.7 Å². The van der Waals surface area contributed by atoms with Gasteiger partial charge in [-0.1, -0.05) is 36.7 Å². The average molecular weight is 533 g/mol. The molecule has 1 aromatic carbocycles. The molecule has 0 N–H and O–H groups in total. The number of benzene rings is 1. The molecule has 0 amide bonds. The molecule has 3 aromatic heterocycles. The van der Waals surface area contributed by atoms with Gasteiger partial charge in [-0.3, -0.25) is 9.88 Å². The number of hydrogen-bond donors (Lipinski definition) is 0. The molecule has 1 aliphatic rings. The molecule has 0 unspecified atom stereocenters. The van der Waals surface area contributed by atoms with E-state index in [0.29, 0.717) is 35.5 Å². The second kappa shape index (κ2) is 10.6. The molecule has 0 radical (unpaired) electrons. The summed E-state index contributed by atoms with van der Waals surface area (Å²) in [6.45, 7) is 13.0. The molecule has 4 aromatic rings. The van der Waals surface area contributed by atoms with Crippen LogP contribution >= 0.6 is 11.6 Å². The lowest BCUT2D eigenvalue weighted by Gasteiger charge is -2.40. The highest BCUT2D eigenvalue weighted by atomic mass is 35.5. The van der Waals surface area contributed by atoms with Crippen LogP contribution in [0.4, 0.5) is 10.2 Å². The Morgan fingerprint density at radius 2 is 2.00 bits per heavy atom. The standard InChI is InChI=1S/C29H30ClFN6O/c1-5-13-35-14-15-36(19(4)17-35)27-21-16-22(30)25(20-9-7-8-10-23(20)31)33-28(21)37(29(38)34-27)26-18(3)11-12-32-24(26)6-2/h5,7-12,16,19H,1,6,13-15,17H2,2-4H3/t19-/m0/s1. The van der Waals surface area contributed by atoms with Crippen molar-refractivity contribution in [3.05, 3.63) is 87.8 Å². The van der Waals surface area contributed by atoms with E-state index in [2.05, 4.69) is 33.3 Å². The summed E-state index contributed by atoms with van der Waals surface area (Å²) < 4.78 is 16.4. The molecular weight excluding hydrogens is 503 g/mol. The summed E-state index contributed by atoms with van der Waals surface area (Å²) in [4.78, 5) is 32.2. The van der Waals surface area contributed by atoms with Crippen molar-refractivity contribution >= 4 is 28.5 Å². The van der Waals surface area contributed by atoms with Gasteiger partial charge in [0.05, 0.1) is 27.5 Å². The molecule has 1 aliphatic heterocycles. The van der Waals surface area contributed by atoms with Crippen molar-refractivity contribution in [2.45, 2.75) is 33.2 Å². The lowest BCUT2D eigenvalue weighted by atomic mass is 10.1. The lowest BCUT2D eigenvalue weighted by molar-refractivity contribution is 0.250. The molecule has 4 heterocycles. The molecule has 7 nitrogen and oxygen atoms in total. The quantitative estimate of drug-likeness (QED) is 0.318. The molecule has 5 rings (SSSR count). The Balaban J connectivity index is 1.81. The summed E-state index contributed by atoms with van der Waals surface area (Å²) in [6.07, 6.45) is 4.24. The van der Waals surface area contributed by atoms with Gasteiger partial charge in [-0.2, -0.15) is 4.98 Å². The van der Waals surface area contributed by atoms with Gasteiger partial charge in [0.15, 0.2) is 5.65 Å². The van der Waals surface area contributed by atoms with Gasteiger partial charge in [-0.15, -0.1) is 6.58 Å². The number of nitrogens with zero attached hydrogens (tertiary/aromatic N) is 6. The first-order valence-corrected chi connectivity index (χ1v) is 13.1. The fourth-order valence-corrected chi connectivity index (χ4v) is 5.49. The monoisotopic (exact) mass is 532 g/mol. The van der Waals surface area contributed by atoms with Gasteiger partial charge in [-0.25, -0.2) is 18.7 Å². The van der Waals surface area contributed by atoms with Crippen LogP contribution in [0.2, 0.25) is 5.02 Å². The molecule has 0 saturated carbocycles. The van der Waals surface area contributed by atoms with Crippen LogP contribution in [0.3, 0.4) is 0 Å². The van der Waals surface area contributed by atoms with Crippen molar-refractivity contribution in [1.82, 2.24) is 24.4 Å². The summed E-state index contributed by atoms with van der Waals surface area (Å²) in [5.74, 6) is 0.0873. The Hall–Kier alpha value is -3.62. The van der Waals surface area contributed by atoms with E-state index in [-0.39, 0.29) is 22.3 Å². The number of fused-ring (bicyclic) bond motifs is 1. The predicted octanol–water partition coefficient (Wildman–Crippen LogP) is 5.20. The SMILES string of the molecule is C=CCN1CCN(c2nc(=O)n(-c3c(C)ccnc3CC)c3nc(-c4ccccc4F)c(Cl)cc23)[C@@H](C)C1. The van der Waals surface area contributed by atoms with Gasteiger partial charge < -0.3 is 4.90 Å². The van der Waals surface area contributed by atoms with E-state index >= 15 is 0 Å². The number of aromatic nitrogens is 4. The summed E-state index contributed by atoms with van der Waals surface area (Å²) in [5.41, 5.74) is 2.70. The fourth-order valence-electron chi connectivity index (χ4n) is 5.24. The number of pyridine rings is 2. The van der Waals surface area contributed by atoms with Crippen LogP contribution in [-0.2, 0) is 6.42 Å². The molecule has 0 aliphatic carbocycles. The van der Waals surface area contributed by atoms with Crippen molar-refractivity contribution in [2.24, 2.45) is 0 Å². The number of hydrogen-bond acceptors (Lipinski definition) is 6. The van der Waals surface area contributed by atoms with Gasteiger partial charge in [-0.05, 0) is 50.1 Å². The average Bonchev–Trinajstić information content (AvgIpc) is 2.89. The van der Waals surface area contributed by atoms with Crippen LogP contribution in [0.25, 0.3) is 28.0 Å². The lowest BCUT2D eigenvalue weighted by Crippen LogP contribution is -2.52. The third kappa shape index (κ3) is 4.59. The molecule has 0 spiro atoms. The summed E-state index contributed by atoms with van der Waals surface area (Å²) >= 11 is 6.75. The van der Waals surface area contributed by atoms with Gasteiger partial charge in [0, 0.05) is 44.0 Å². The number of rotatable bonds is 6. The van der Waals surface area contributed by atoms with Crippen molar-refractivity contribution in [3.8, 4) is 16.9 Å². The first-order chi connectivity index (χ1) is 18.3. The van der Waals surface area contributed by atoms with Gasteiger partial charge in [0.1, 0.15) is 11.6 Å². The third-order valence-corrected chi connectivity index (χ3v) is 7.35. The van der Waals surface area contributed by atoms with Gasteiger partial charge in [0.25, 0.3) is 0 Å². The Labute approximate surface area is 226 Å². The Morgan fingerprint density at radius 3 is 2.71 bits per heavy atom. The molecule has 1 saturated heterocycles. The second-order valence-corrected chi connectivity index (χ2v) is 10.00. The van der Waals surface area contributed by atoms with E-state index in [1.807, 2.05) is 26.0 Å². The zero-order valence-electron chi connectivity index (χ0n) is 21.8. The maximum Gasteiger partial charge on any atom is 0.355 e.